The van der Waals surface area contributed by atoms with E-state index in [0.717, 1.165) is 14.6 Å². The van der Waals surface area contributed by atoms with E-state index in [2.05, 4.69) is 16.1 Å². The third-order valence-electron chi connectivity index (χ3n) is 2.23. The number of hydrogen-bond acceptors (Lipinski definition) is 6. The van der Waals surface area contributed by atoms with Gasteiger partial charge in [0.05, 0.1) is 10.6 Å². The molecule has 0 saturated carbocycles. The van der Waals surface area contributed by atoms with Gasteiger partial charge in [-0.15, -0.1) is 22.7 Å². The number of thiophene rings is 2. The maximum atomic E-state index is 10.7. The zero-order valence-electron chi connectivity index (χ0n) is 10.3. The molecule has 2 aromatic heterocycles. The number of nitrogens with zero attached hydrogens (tertiary/aromatic N) is 2. The van der Waals surface area contributed by atoms with E-state index in [1.807, 2.05) is 18.2 Å². The Bertz CT molecular complexity index is 677. The van der Waals surface area contributed by atoms with Gasteiger partial charge in [-0.05, 0) is 31.2 Å². The fraction of sp³-hybridized carbons (Fsp3) is 0.154. The van der Waals surface area contributed by atoms with Crippen LogP contribution in [0.3, 0.4) is 0 Å². The summed E-state index contributed by atoms with van der Waals surface area (Å²) in [5.74, 6) is -0.437. The van der Waals surface area contributed by atoms with Crippen molar-refractivity contribution in [2.75, 3.05) is 0 Å². The van der Waals surface area contributed by atoms with Crippen molar-refractivity contribution >= 4 is 34.4 Å². The molecule has 0 radical (unpaired) electrons. The molecule has 4 nitrogen and oxygen atoms in total. The Labute approximate surface area is 118 Å². The maximum Gasteiger partial charge on any atom is 0.331 e. The lowest BCUT2D eigenvalue weighted by atomic mass is 10.3. The molecule has 0 spiro atoms. The highest BCUT2D eigenvalue weighted by atomic mass is 32.1. The van der Waals surface area contributed by atoms with Crippen LogP contribution < -0.4 is 0 Å². The van der Waals surface area contributed by atoms with Gasteiger partial charge in [0.15, 0.2) is 0 Å². The molecule has 2 heterocycles. The summed E-state index contributed by atoms with van der Waals surface area (Å²) in [6.07, 6.45) is 0. The molecule has 2 aromatic rings. The molecule has 6 heteroatoms. The third kappa shape index (κ3) is 3.28. The average Bonchev–Trinajstić information content (AvgIpc) is 3.03. The second-order valence-corrected chi connectivity index (χ2v) is 5.87. The fourth-order valence-electron chi connectivity index (χ4n) is 1.37. The summed E-state index contributed by atoms with van der Waals surface area (Å²) < 4.78 is 0. The quantitative estimate of drug-likeness (QED) is 0.492. The zero-order chi connectivity index (χ0) is 13.8. The maximum absolute atomic E-state index is 10.7. The first-order valence-electron chi connectivity index (χ1n) is 5.43. The minimum Gasteiger partial charge on any atom is -0.318 e. The Kier molecular flexibility index (Phi) is 4.10. The predicted octanol–water partition coefficient (Wildman–Crippen LogP) is 3.64. The average molecular weight is 290 g/mol. The van der Waals surface area contributed by atoms with E-state index in [0.29, 0.717) is 10.6 Å². The van der Waals surface area contributed by atoms with Crippen molar-refractivity contribution in [1.29, 1.82) is 5.26 Å². The Hall–Kier alpha value is -1.97. The Morgan fingerprint density at radius 3 is 2.53 bits per heavy atom. The van der Waals surface area contributed by atoms with Gasteiger partial charge in [0.25, 0.3) is 0 Å². The molecule has 0 aliphatic carbocycles. The molecule has 0 unspecified atom stereocenters. The summed E-state index contributed by atoms with van der Waals surface area (Å²) in [5.41, 5.74) is 0.656. The number of carbonyl (C=O) groups excluding carboxylic acids is 1. The number of rotatable bonds is 3. The molecule has 0 saturated heterocycles. The van der Waals surface area contributed by atoms with Gasteiger partial charge in [-0.25, -0.2) is 4.79 Å². The summed E-state index contributed by atoms with van der Waals surface area (Å²) in [6, 6.07) is 9.75. The molecule has 0 aromatic carbocycles. The molecule has 2 rings (SSSR count). The monoisotopic (exact) mass is 290 g/mol. The molecular formula is C13H10N2O2S2. The van der Waals surface area contributed by atoms with E-state index in [1.165, 1.54) is 18.3 Å². The third-order valence-corrected chi connectivity index (χ3v) is 4.61. The van der Waals surface area contributed by atoms with Crippen molar-refractivity contribution in [1.82, 2.24) is 0 Å². The van der Waals surface area contributed by atoms with E-state index in [4.69, 9.17) is 5.26 Å². The largest absolute Gasteiger partial charge is 0.331 e. The zero-order valence-corrected chi connectivity index (χ0v) is 12.0. The molecule has 0 aliphatic heterocycles. The van der Waals surface area contributed by atoms with Gasteiger partial charge in [-0.2, -0.15) is 5.26 Å². The molecule has 0 fully saturated rings. The highest BCUT2D eigenvalue weighted by Crippen LogP contribution is 2.33. The molecule has 0 amide bonds. The smallest absolute Gasteiger partial charge is 0.318 e. The first-order chi connectivity index (χ1) is 9.10. The molecule has 19 heavy (non-hydrogen) atoms. The van der Waals surface area contributed by atoms with Crippen molar-refractivity contribution in [3.8, 4) is 15.8 Å². The minimum absolute atomic E-state index is 0.437. The highest BCUT2D eigenvalue weighted by Gasteiger charge is 2.08. The molecule has 0 aliphatic rings. The van der Waals surface area contributed by atoms with Crippen LogP contribution in [0.4, 0.5) is 0 Å². The highest BCUT2D eigenvalue weighted by molar-refractivity contribution is 7.23. The normalized spacial score (nSPS) is 11.1. The van der Waals surface area contributed by atoms with Gasteiger partial charge in [0, 0.05) is 16.7 Å². The van der Waals surface area contributed by atoms with Crippen LogP contribution in [0.5, 0.6) is 0 Å². The van der Waals surface area contributed by atoms with E-state index < -0.39 is 5.97 Å². The van der Waals surface area contributed by atoms with E-state index in [-0.39, 0.29) is 0 Å². The summed E-state index contributed by atoms with van der Waals surface area (Å²) >= 11 is 3.00. The molecule has 0 bridgehead atoms. The van der Waals surface area contributed by atoms with Crippen molar-refractivity contribution in [2.24, 2.45) is 5.16 Å². The lowest BCUT2D eigenvalue weighted by Gasteiger charge is -1.95. The summed E-state index contributed by atoms with van der Waals surface area (Å²) in [4.78, 5) is 19.0. The topological polar surface area (TPSA) is 62.4 Å². The van der Waals surface area contributed by atoms with Gasteiger partial charge in [0.1, 0.15) is 10.9 Å². The molecule has 96 valence electrons. The van der Waals surface area contributed by atoms with Gasteiger partial charge in [0.2, 0.25) is 0 Å². The van der Waals surface area contributed by atoms with Crippen molar-refractivity contribution < 1.29 is 9.63 Å². The standard InChI is InChI=1S/C13H10N2O2S2/c1-8(15-17-9(2)16)11-5-6-13(19-11)12-4-3-10(7-14)18-12/h3-6H,1-2H3/b15-8+. The van der Waals surface area contributed by atoms with Gasteiger partial charge in [-0.3, -0.25) is 0 Å². The van der Waals surface area contributed by atoms with Gasteiger partial charge >= 0.3 is 5.97 Å². The van der Waals surface area contributed by atoms with Crippen LogP contribution in [0.1, 0.15) is 23.6 Å². The van der Waals surface area contributed by atoms with E-state index >= 15 is 0 Å². The van der Waals surface area contributed by atoms with Crippen molar-refractivity contribution in [2.45, 2.75) is 13.8 Å². The van der Waals surface area contributed by atoms with Crippen molar-refractivity contribution in [3.05, 3.63) is 34.0 Å². The molecule has 0 atom stereocenters. The Balaban J connectivity index is 2.21. The Morgan fingerprint density at radius 2 is 1.89 bits per heavy atom. The lowest BCUT2D eigenvalue weighted by molar-refractivity contribution is -0.140. The van der Waals surface area contributed by atoms with Crippen LogP contribution in [0.25, 0.3) is 9.75 Å². The Morgan fingerprint density at radius 1 is 1.21 bits per heavy atom. The number of oxime groups is 1. The number of carbonyl (C=O) groups is 1. The first kappa shape index (κ1) is 13.5. The van der Waals surface area contributed by atoms with Crippen LogP contribution in [-0.2, 0) is 9.63 Å². The molecule has 0 N–H and O–H groups in total. The van der Waals surface area contributed by atoms with Crippen LogP contribution >= 0.6 is 22.7 Å². The summed E-state index contributed by atoms with van der Waals surface area (Å²) in [7, 11) is 0. The molecular weight excluding hydrogens is 280 g/mol. The number of nitriles is 1. The second kappa shape index (κ2) is 5.78. The van der Waals surface area contributed by atoms with Crippen LogP contribution in [0.15, 0.2) is 29.4 Å². The first-order valence-corrected chi connectivity index (χ1v) is 7.06. The summed E-state index contributed by atoms with van der Waals surface area (Å²) in [6.45, 7) is 3.10. The van der Waals surface area contributed by atoms with Crippen LogP contribution in [0.2, 0.25) is 0 Å². The van der Waals surface area contributed by atoms with Gasteiger partial charge in [-0.1, -0.05) is 5.16 Å². The number of hydrogen-bond donors (Lipinski definition) is 0. The van der Waals surface area contributed by atoms with Crippen LogP contribution in [-0.4, -0.2) is 11.7 Å². The fourth-order valence-corrected chi connectivity index (χ4v) is 3.21. The predicted molar refractivity (Wildman–Crippen MR) is 76.3 cm³/mol. The van der Waals surface area contributed by atoms with Crippen molar-refractivity contribution in [3.63, 3.8) is 0 Å². The minimum atomic E-state index is -0.437. The van der Waals surface area contributed by atoms with E-state index in [1.54, 1.807) is 24.3 Å². The van der Waals surface area contributed by atoms with E-state index in [9.17, 15) is 4.79 Å². The SMILES string of the molecule is CC(=O)O/N=C(\C)c1ccc(-c2ccc(C#N)s2)s1. The van der Waals surface area contributed by atoms with Gasteiger partial charge < -0.3 is 4.84 Å². The van der Waals surface area contributed by atoms with Crippen LogP contribution in [0, 0.1) is 11.3 Å². The lowest BCUT2D eigenvalue weighted by Crippen LogP contribution is -1.96. The second-order valence-electron chi connectivity index (χ2n) is 3.70. The summed E-state index contributed by atoms with van der Waals surface area (Å²) in [5, 5.41) is 12.6.